The van der Waals surface area contributed by atoms with Gasteiger partial charge in [0.2, 0.25) is 11.8 Å². The van der Waals surface area contributed by atoms with Crippen molar-refractivity contribution in [2.24, 2.45) is 0 Å². The summed E-state index contributed by atoms with van der Waals surface area (Å²) in [6.45, 7) is 3.92. The zero-order chi connectivity index (χ0) is 22.8. The van der Waals surface area contributed by atoms with Gasteiger partial charge in [0.05, 0.1) is 17.8 Å². The van der Waals surface area contributed by atoms with Crippen LogP contribution in [-0.2, 0) is 9.59 Å². The monoisotopic (exact) mass is 431 g/mol. The number of carbonyl (C=O) groups is 3. The number of halogens is 1. The maximum absolute atomic E-state index is 13.4. The van der Waals surface area contributed by atoms with Gasteiger partial charge in [-0.2, -0.15) is 0 Å². The van der Waals surface area contributed by atoms with Crippen molar-refractivity contribution in [1.82, 2.24) is 0 Å². The normalized spacial score (nSPS) is 15.0. The fourth-order valence-corrected chi connectivity index (χ4v) is 3.66. The highest BCUT2D eigenvalue weighted by molar-refractivity contribution is 6.17. The van der Waals surface area contributed by atoms with Gasteiger partial charge in [0.1, 0.15) is 11.9 Å². The van der Waals surface area contributed by atoms with Crippen LogP contribution >= 0.6 is 0 Å². The lowest BCUT2D eigenvalue weighted by molar-refractivity contribution is -0.122. The van der Waals surface area contributed by atoms with E-state index in [1.54, 1.807) is 30.3 Å². The minimum absolute atomic E-state index is 0.218. The summed E-state index contributed by atoms with van der Waals surface area (Å²) < 4.78 is 13.4. The zero-order valence-electron chi connectivity index (χ0n) is 17.7. The molecular weight excluding hydrogens is 409 g/mol. The minimum atomic E-state index is -1.06. The molecule has 0 radical (unpaired) electrons. The number of nitrogens with zero attached hydrogens (tertiary/aromatic N) is 1. The largest absolute Gasteiger partial charge is 0.326 e. The van der Waals surface area contributed by atoms with Crippen LogP contribution in [0, 0.1) is 19.7 Å². The smallest absolute Gasteiger partial charge is 0.259 e. The van der Waals surface area contributed by atoms with Gasteiger partial charge in [-0.25, -0.2) is 4.39 Å². The Hall–Kier alpha value is -4.00. The van der Waals surface area contributed by atoms with E-state index in [0.717, 1.165) is 11.1 Å². The van der Waals surface area contributed by atoms with Gasteiger partial charge < -0.3 is 10.6 Å². The molecule has 2 N–H and O–H groups in total. The average molecular weight is 431 g/mol. The van der Waals surface area contributed by atoms with Gasteiger partial charge in [0.25, 0.3) is 5.91 Å². The van der Waals surface area contributed by atoms with Crippen molar-refractivity contribution in [3.63, 3.8) is 0 Å². The first kappa shape index (κ1) is 21.2. The Bertz CT molecular complexity index is 1210. The van der Waals surface area contributed by atoms with E-state index in [4.69, 9.17) is 0 Å². The number of aryl methyl sites for hydroxylation is 2. The van der Waals surface area contributed by atoms with Gasteiger partial charge in [0.15, 0.2) is 0 Å². The van der Waals surface area contributed by atoms with Gasteiger partial charge >= 0.3 is 0 Å². The molecule has 3 amide bonds. The Balaban J connectivity index is 1.64. The second-order valence-electron chi connectivity index (χ2n) is 7.76. The summed E-state index contributed by atoms with van der Waals surface area (Å²) in [5.74, 6) is -1.82. The van der Waals surface area contributed by atoms with Crippen LogP contribution in [0.25, 0.3) is 0 Å². The number of fused-ring (bicyclic) bond motifs is 1. The molecule has 3 aromatic carbocycles. The summed E-state index contributed by atoms with van der Waals surface area (Å²) in [7, 11) is 0. The second-order valence-corrected chi connectivity index (χ2v) is 7.76. The number of para-hydroxylation sites is 2. The molecule has 4 rings (SSSR count). The fourth-order valence-electron chi connectivity index (χ4n) is 3.66. The van der Waals surface area contributed by atoms with Gasteiger partial charge in [-0.3, -0.25) is 19.3 Å². The highest BCUT2D eigenvalue weighted by Crippen LogP contribution is 2.34. The number of benzene rings is 3. The number of rotatable bonds is 4. The van der Waals surface area contributed by atoms with E-state index in [2.05, 4.69) is 10.6 Å². The Morgan fingerprint density at radius 2 is 1.72 bits per heavy atom. The maximum atomic E-state index is 13.4. The molecule has 1 atom stereocenters. The minimum Gasteiger partial charge on any atom is -0.326 e. The Morgan fingerprint density at radius 3 is 2.44 bits per heavy atom. The standard InChI is InChI=1S/C25H22FN3O3/c1-15-7-12-19(13-16(15)2)27-23(30)14-22-24(31)28-20-5-3-4-6-21(20)29(22)25(32)17-8-10-18(26)11-9-17/h3-13,22H,14H2,1-2H3,(H,27,30)(H,28,31). The molecule has 0 spiro atoms. The van der Waals surface area contributed by atoms with E-state index in [0.29, 0.717) is 17.1 Å². The lowest BCUT2D eigenvalue weighted by atomic mass is 10.0. The highest BCUT2D eigenvalue weighted by Gasteiger charge is 2.38. The number of carbonyl (C=O) groups excluding carboxylic acids is 3. The molecule has 1 unspecified atom stereocenters. The SMILES string of the molecule is Cc1ccc(NC(=O)CC2C(=O)Nc3ccccc3N2C(=O)c2ccc(F)cc2)cc1C. The molecule has 162 valence electrons. The predicted molar refractivity (Wildman–Crippen MR) is 121 cm³/mol. The predicted octanol–water partition coefficient (Wildman–Crippen LogP) is 4.44. The van der Waals surface area contributed by atoms with Crippen LogP contribution in [0.3, 0.4) is 0 Å². The van der Waals surface area contributed by atoms with Crippen LogP contribution in [0.5, 0.6) is 0 Å². The number of hydrogen-bond donors (Lipinski definition) is 2. The summed E-state index contributed by atoms with van der Waals surface area (Å²) in [5.41, 5.74) is 3.91. The first-order valence-electron chi connectivity index (χ1n) is 10.2. The number of amides is 3. The third-order valence-electron chi connectivity index (χ3n) is 5.52. The van der Waals surface area contributed by atoms with Crippen LogP contribution in [0.2, 0.25) is 0 Å². The summed E-state index contributed by atoms with van der Waals surface area (Å²) >= 11 is 0. The molecule has 1 heterocycles. The number of hydrogen-bond acceptors (Lipinski definition) is 3. The molecule has 7 heteroatoms. The summed E-state index contributed by atoms with van der Waals surface area (Å²) in [5, 5.41) is 5.57. The van der Waals surface area contributed by atoms with Crippen LogP contribution in [0.1, 0.15) is 27.9 Å². The van der Waals surface area contributed by atoms with Crippen molar-refractivity contribution in [2.45, 2.75) is 26.3 Å². The van der Waals surface area contributed by atoms with Crippen molar-refractivity contribution >= 4 is 34.8 Å². The third-order valence-corrected chi connectivity index (χ3v) is 5.52. The maximum Gasteiger partial charge on any atom is 0.259 e. The topological polar surface area (TPSA) is 78.5 Å². The van der Waals surface area contributed by atoms with Crippen LogP contribution in [0.15, 0.2) is 66.7 Å². The molecule has 32 heavy (non-hydrogen) atoms. The Kier molecular flexibility index (Phi) is 5.73. The lowest BCUT2D eigenvalue weighted by Gasteiger charge is -2.36. The van der Waals surface area contributed by atoms with Crippen molar-refractivity contribution < 1.29 is 18.8 Å². The molecule has 0 aromatic heterocycles. The van der Waals surface area contributed by atoms with Crippen molar-refractivity contribution in [2.75, 3.05) is 15.5 Å². The molecule has 0 aliphatic carbocycles. The summed E-state index contributed by atoms with van der Waals surface area (Å²) in [6, 6.07) is 16.4. The van der Waals surface area contributed by atoms with Crippen LogP contribution in [-0.4, -0.2) is 23.8 Å². The van der Waals surface area contributed by atoms with Crippen LogP contribution in [0.4, 0.5) is 21.5 Å². The van der Waals surface area contributed by atoms with Crippen molar-refractivity contribution in [3.8, 4) is 0 Å². The zero-order valence-corrected chi connectivity index (χ0v) is 17.7. The van der Waals surface area contributed by atoms with Gasteiger partial charge in [-0.05, 0) is 73.5 Å². The Labute approximate surface area is 185 Å². The van der Waals surface area contributed by atoms with E-state index >= 15 is 0 Å². The van der Waals surface area contributed by atoms with E-state index in [1.165, 1.54) is 29.2 Å². The summed E-state index contributed by atoms with van der Waals surface area (Å²) in [4.78, 5) is 40.4. The lowest BCUT2D eigenvalue weighted by Crippen LogP contribution is -2.52. The third kappa shape index (κ3) is 4.23. The quantitative estimate of drug-likeness (QED) is 0.641. The van der Waals surface area contributed by atoms with E-state index < -0.39 is 29.6 Å². The molecule has 1 aliphatic heterocycles. The van der Waals surface area contributed by atoms with E-state index in [1.807, 2.05) is 26.0 Å². The molecule has 0 saturated carbocycles. The van der Waals surface area contributed by atoms with Gasteiger partial charge in [0, 0.05) is 11.3 Å². The molecule has 3 aromatic rings. The molecule has 0 saturated heterocycles. The molecule has 0 bridgehead atoms. The highest BCUT2D eigenvalue weighted by atomic mass is 19.1. The molecular formula is C25H22FN3O3. The molecule has 6 nitrogen and oxygen atoms in total. The number of anilines is 3. The van der Waals surface area contributed by atoms with E-state index in [9.17, 15) is 18.8 Å². The first-order chi connectivity index (χ1) is 15.3. The van der Waals surface area contributed by atoms with Gasteiger partial charge in [-0.1, -0.05) is 18.2 Å². The van der Waals surface area contributed by atoms with E-state index in [-0.39, 0.29) is 12.0 Å². The average Bonchev–Trinajstić information content (AvgIpc) is 2.77. The Morgan fingerprint density at radius 1 is 1.00 bits per heavy atom. The number of nitrogens with one attached hydrogen (secondary N) is 2. The fraction of sp³-hybridized carbons (Fsp3) is 0.160. The van der Waals surface area contributed by atoms with Crippen molar-refractivity contribution in [1.29, 1.82) is 0 Å². The first-order valence-corrected chi connectivity index (χ1v) is 10.2. The second kappa shape index (κ2) is 8.63. The molecule has 0 fully saturated rings. The van der Waals surface area contributed by atoms with Gasteiger partial charge in [-0.15, -0.1) is 0 Å². The van der Waals surface area contributed by atoms with Crippen LogP contribution < -0.4 is 15.5 Å². The summed E-state index contributed by atoms with van der Waals surface area (Å²) in [6.07, 6.45) is -0.236. The van der Waals surface area contributed by atoms with Crippen molar-refractivity contribution in [3.05, 3.63) is 89.2 Å². The molecule has 1 aliphatic rings.